The first-order chi connectivity index (χ1) is 10.0. The van der Waals surface area contributed by atoms with Crippen LogP contribution in [0.2, 0.25) is 5.15 Å². The maximum atomic E-state index is 6.12. The topological polar surface area (TPSA) is 61.4 Å². The van der Waals surface area contributed by atoms with Crippen LogP contribution in [-0.4, -0.2) is 29.5 Å². The van der Waals surface area contributed by atoms with E-state index in [1.165, 1.54) is 0 Å². The molecule has 0 fully saturated rings. The molecule has 0 atom stereocenters. The lowest BCUT2D eigenvalue weighted by Gasteiger charge is -2.04. The van der Waals surface area contributed by atoms with E-state index in [2.05, 4.69) is 34.0 Å². The minimum atomic E-state index is 0.288. The van der Waals surface area contributed by atoms with Crippen molar-refractivity contribution in [1.29, 1.82) is 0 Å². The number of aromatic nitrogens is 6. The van der Waals surface area contributed by atoms with E-state index >= 15 is 0 Å². The second kappa shape index (κ2) is 5.29. The van der Waals surface area contributed by atoms with Crippen LogP contribution in [0.3, 0.4) is 0 Å². The first-order valence-corrected chi connectivity index (χ1v) is 6.99. The number of hydrogen-bond donors (Lipinski definition) is 0. The molecular formula is C14H15ClN6. The fraction of sp³-hybridized carbons (Fsp3) is 0.286. The summed E-state index contributed by atoms with van der Waals surface area (Å²) >= 11 is 6.12. The van der Waals surface area contributed by atoms with Gasteiger partial charge in [0.05, 0.1) is 23.7 Å². The van der Waals surface area contributed by atoms with Gasteiger partial charge in [-0.25, -0.2) is 9.97 Å². The summed E-state index contributed by atoms with van der Waals surface area (Å²) in [6.45, 7) is 4.13. The number of aryl methyl sites for hydroxylation is 1. The lowest BCUT2D eigenvalue weighted by molar-refractivity contribution is 0.532. The van der Waals surface area contributed by atoms with Gasteiger partial charge in [-0.15, -0.1) is 0 Å². The van der Waals surface area contributed by atoms with Gasteiger partial charge in [0.15, 0.2) is 5.82 Å². The Morgan fingerprint density at radius 3 is 2.43 bits per heavy atom. The Morgan fingerprint density at radius 2 is 1.81 bits per heavy atom. The van der Waals surface area contributed by atoms with E-state index in [1.54, 1.807) is 23.1 Å². The van der Waals surface area contributed by atoms with Crippen LogP contribution in [0.25, 0.3) is 22.6 Å². The summed E-state index contributed by atoms with van der Waals surface area (Å²) in [6.07, 6.45) is 7.31. The fourth-order valence-electron chi connectivity index (χ4n) is 1.98. The number of nitrogens with zero attached hydrogens (tertiary/aromatic N) is 6. The molecule has 0 amide bonds. The predicted molar refractivity (Wildman–Crippen MR) is 80.9 cm³/mol. The molecule has 0 saturated heterocycles. The van der Waals surface area contributed by atoms with Gasteiger partial charge in [0, 0.05) is 37.1 Å². The van der Waals surface area contributed by atoms with Crippen LogP contribution in [0.1, 0.15) is 19.9 Å². The summed E-state index contributed by atoms with van der Waals surface area (Å²) in [7, 11) is 1.86. The van der Waals surface area contributed by atoms with Gasteiger partial charge in [-0.2, -0.15) is 10.2 Å². The van der Waals surface area contributed by atoms with E-state index in [9.17, 15) is 0 Å². The number of hydrogen-bond acceptors (Lipinski definition) is 4. The highest BCUT2D eigenvalue weighted by Crippen LogP contribution is 2.24. The van der Waals surface area contributed by atoms with Gasteiger partial charge in [-0.1, -0.05) is 11.6 Å². The van der Waals surface area contributed by atoms with Crippen molar-refractivity contribution in [2.24, 2.45) is 7.05 Å². The molecule has 0 N–H and O–H groups in total. The summed E-state index contributed by atoms with van der Waals surface area (Å²) in [5.74, 6) is 0.563. The molecule has 21 heavy (non-hydrogen) atoms. The molecule has 108 valence electrons. The standard InChI is InChI=1S/C14H15ClN6/c1-9(2)21-8-11(6-17-21)14-18-12(4-13(15)19-14)10-5-16-20(3)7-10/h4-9H,1-3H3. The van der Waals surface area contributed by atoms with E-state index in [0.717, 1.165) is 16.8 Å². The van der Waals surface area contributed by atoms with Crippen LogP contribution in [0.15, 0.2) is 30.9 Å². The van der Waals surface area contributed by atoms with Gasteiger partial charge in [-0.3, -0.25) is 9.36 Å². The average molecular weight is 303 g/mol. The van der Waals surface area contributed by atoms with Gasteiger partial charge in [0.1, 0.15) is 5.15 Å². The minimum absolute atomic E-state index is 0.288. The molecule has 0 unspecified atom stereocenters. The smallest absolute Gasteiger partial charge is 0.164 e. The maximum absolute atomic E-state index is 6.12. The van der Waals surface area contributed by atoms with E-state index in [1.807, 2.05) is 24.1 Å². The maximum Gasteiger partial charge on any atom is 0.164 e. The minimum Gasteiger partial charge on any atom is -0.275 e. The van der Waals surface area contributed by atoms with Crippen LogP contribution in [0.5, 0.6) is 0 Å². The third-order valence-electron chi connectivity index (χ3n) is 3.08. The van der Waals surface area contributed by atoms with Crippen molar-refractivity contribution in [2.75, 3.05) is 0 Å². The monoisotopic (exact) mass is 302 g/mol. The molecule has 3 rings (SSSR count). The molecule has 0 bridgehead atoms. The van der Waals surface area contributed by atoms with Crippen LogP contribution in [0.4, 0.5) is 0 Å². The summed E-state index contributed by atoms with van der Waals surface area (Å²) in [5, 5.41) is 8.85. The first-order valence-electron chi connectivity index (χ1n) is 6.61. The third kappa shape index (κ3) is 2.80. The van der Waals surface area contributed by atoms with Crippen molar-refractivity contribution in [2.45, 2.75) is 19.9 Å². The van der Waals surface area contributed by atoms with Crippen molar-refractivity contribution in [3.63, 3.8) is 0 Å². The van der Waals surface area contributed by atoms with Gasteiger partial charge in [0.2, 0.25) is 0 Å². The van der Waals surface area contributed by atoms with E-state index in [-0.39, 0.29) is 6.04 Å². The zero-order valence-electron chi connectivity index (χ0n) is 12.0. The normalized spacial score (nSPS) is 11.3. The summed E-state index contributed by atoms with van der Waals surface area (Å²) in [5.41, 5.74) is 2.49. The zero-order valence-corrected chi connectivity index (χ0v) is 12.8. The Labute approximate surface area is 127 Å². The van der Waals surface area contributed by atoms with E-state index in [4.69, 9.17) is 11.6 Å². The highest BCUT2D eigenvalue weighted by atomic mass is 35.5. The summed E-state index contributed by atoms with van der Waals surface area (Å²) < 4.78 is 3.59. The van der Waals surface area contributed by atoms with Crippen molar-refractivity contribution in [1.82, 2.24) is 29.5 Å². The van der Waals surface area contributed by atoms with Crippen molar-refractivity contribution in [3.8, 4) is 22.6 Å². The molecule has 3 aromatic rings. The quantitative estimate of drug-likeness (QED) is 0.698. The number of rotatable bonds is 3. The van der Waals surface area contributed by atoms with Crippen LogP contribution >= 0.6 is 11.6 Å². The first kappa shape index (κ1) is 13.8. The molecule has 0 aromatic carbocycles. The molecule has 0 saturated carbocycles. The van der Waals surface area contributed by atoms with Crippen LogP contribution in [-0.2, 0) is 7.05 Å². The third-order valence-corrected chi connectivity index (χ3v) is 3.28. The summed E-state index contributed by atoms with van der Waals surface area (Å²) in [6, 6.07) is 2.02. The molecule has 0 aliphatic carbocycles. The molecule has 0 aliphatic rings. The molecule has 6 nitrogen and oxygen atoms in total. The Hall–Kier alpha value is -2.21. The number of halogens is 1. The molecule has 7 heteroatoms. The van der Waals surface area contributed by atoms with Gasteiger partial charge in [0.25, 0.3) is 0 Å². The lowest BCUT2D eigenvalue weighted by Crippen LogP contribution is -1.99. The zero-order chi connectivity index (χ0) is 15.0. The second-order valence-corrected chi connectivity index (χ2v) is 5.49. The molecular weight excluding hydrogens is 288 g/mol. The van der Waals surface area contributed by atoms with Crippen molar-refractivity contribution >= 4 is 11.6 Å². The molecule has 0 aliphatic heterocycles. The lowest BCUT2D eigenvalue weighted by atomic mass is 10.2. The van der Waals surface area contributed by atoms with Crippen molar-refractivity contribution in [3.05, 3.63) is 36.0 Å². The average Bonchev–Trinajstić information content (AvgIpc) is 3.06. The second-order valence-electron chi connectivity index (χ2n) is 5.10. The molecule has 3 aromatic heterocycles. The van der Waals surface area contributed by atoms with Crippen LogP contribution < -0.4 is 0 Å². The Bertz CT molecular complexity index is 773. The van der Waals surface area contributed by atoms with Gasteiger partial charge < -0.3 is 0 Å². The summed E-state index contributed by atoms with van der Waals surface area (Å²) in [4.78, 5) is 8.84. The Kier molecular flexibility index (Phi) is 3.47. The molecule has 3 heterocycles. The Morgan fingerprint density at radius 1 is 1.05 bits per heavy atom. The largest absolute Gasteiger partial charge is 0.275 e. The molecule has 0 radical (unpaired) electrons. The predicted octanol–water partition coefficient (Wildman–Crippen LogP) is 2.97. The van der Waals surface area contributed by atoms with Crippen LogP contribution in [0, 0.1) is 0 Å². The molecule has 0 spiro atoms. The van der Waals surface area contributed by atoms with E-state index in [0.29, 0.717) is 11.0 Å². The highest BCUT2D eigenvalue weighted by molar-refractivity contribution is 6.29. The van der Waals surface area contributed by atoms with E-state index < -0.39 is 0 Å². The Balaban J connectivity index is 2.04. The van der Waals surface area contributed by atoms with Gasteiger partial charge >= 0.3 is 0 Å². The SMILES string of the molecule is CC(C)n1cc(-c2nc(Cl)cc(-c3cnn(C)c3)n2)cn1. The fourth-order valence-corrected chi connectivity index (χ4v) is 2.17. The van der Waals surface area contributed by atoms with Gasteiger partial charge in [-0.05, 0) is 13.8 Å². The highest BCUT2D eigenvalue weighted by Gasteiger charge is 2.11. The van der Waals surface area contributed by atoms with Crippen molar-refractivity contribution < 1.29 is 0 Å².